The number of nitrogens with one attached hydrogen (secondary N) is 2. The highest BCUT2D eigenvalue weighted by Crippen LogP contribution is 2.16. The van der Waals surface area contributed by atoms with E-state index in [1.54, 1.807) is 16.9 Å². The molecule has 21 heavy (non-hydrogen) atoms. The zero-order valence-corrected chi connectivity index (χ0v) is 12.5. The fraction of sp³-hybridized carbons (Fsp3) is 0.333. The minimum absolute atomic E-state index is 0.0201. The summed E-state index contributed by atoms with van der Waals surface area (Å²) in [4.78, 5) is 12.0. The number of rotatable bonds is 4. The molecule has 4 N–H and O–H groups in total. The highest BCUT2D eigenvalue weighted by atomic mass is 16.2. The molecule has 0 saturated carbocycles. The maximum absolute atomic E-state index is 12.0. The van der Waals surface area contributed by atoms with Gasteiger partial charge in [0.1, 0.15) is 5.82 Å². The number of amides is 2. The molecule has 0 bridgehead atoms. The third-order valence-corrected chi connectivity index (χ3v) is 3.10. The monoisotopic (exact) mass is 287 g/mol. The summed E-state index contributed by atoms with van der Waals surface area (Å²) in [6.07, 6.45) is 1.66. The average Bonchev–Trinajstić information content (AvgIpc) is 2.87. The Balaban J connectivity index is 2.00. The predicted octanol–water partition coefficient (Wildman–Crippen LogP) is 3.13. The number of carbonyl (C=O) groups excluding carboxylic acids is 1. The second-order valence-electron chi connectivity index (χ2n) is 5.24. The zero-order chi connectivity index (χ0) is 15.4. The summed E-state index contributed by atoms with van der Waals surface area (Å²) in [6.45, 7) is 5.92. The molecule has 6 heteroatoms. The van der Waals surface area contributed by atoms with Crippen molar-refractivity contribution in [1.29, 1.82) is 0 Å². The van der Waals surface area contributed by atoms with Crippen LogP contribution in [-0.4, -0.2) is 15.8 Å². The van der Waals surface area contributed by atoms with Crippen molar-refractivity contribution in [2.75, 3.05) is 10.6 Å². The van der Waals surface area contributed by atoms with Crippen LogP contribution in [-0.2, 0) is 0 Å². The number of urea groups is 1. The lowest BCUT2D eigenvalue weighted by Gasteiger charge is -2.13. The van der Waals surface area contributed by atoms with Crippen LogP contribution in [0, 0.1) is 0 Å². The summed E-state index contributed by atoms with van der Waals surface area (Å²) < 4.78 is 1.75. The lowest BCUT2D eigenvalue weighted by atomic mass is 10.1. The van der Waals surface area contributed by atoms with Crippen LogP contribution < -0.4 is 16.4 Å². The first-order valence-corrected chi connectivity index (χ1v) is 6.94. The average molecular weight is 287 g/mol. The predicted molar refractivity (Wildman–Crippen MR) is 84.3 cm³/mol. The van der Waals surface area contributed by atoms with Crippen molar-refractivity contribution >= 4 is 17.5 Å². The van der Waals surface area contributed by atoms with Gasteiger partial charge in [0.05, 0.1) is 6.20 Å². The number of hydrogen-bond acceptors (Lipinski definition) is 3. The molecular weight excluding hydrogens is 266 g/mol. The number of hydrogen-bond donors (Lipinski definition) is 3. The van der Waals surface area contributed by atoms with Crippen molar-refractivity contribution < 1.29 is 4.79 Å². The van der Waals surface area contributed by atoms with Gasteiger partial charge in [0, 0.05) is 23.8 Å². The van der Waals surface area contributed by atoms with Crippen LogP contribution in [0.25, 0.3) is 0 Å². The van der Waals surface area contributed by atoms with Gasteiger partial charge in [-0.2, -0.15) is 5.10 Å². The van der Waals surface area contributed by atoms with Crippen molar-refractivity contribution in [2.24, 2.45) is 5.73 Å². The normalized spacial score (nSPS) is 12.2. The Labute approximate surface area is 124 Å². The van der Waals surface area contributed by atoms with Gasteiger partial charge < -0.3 is 11.1 Å². The minimum Gasteiger partial charge on any atom is -0.324 e. The first-order chi connectivity index (χ1) is 9.97. The Morgan fingerprint density at radius 3 is 2.38 bits per heavy atom. The SMILES string of the molecule is CC(N)c1ccc(NC(=O)Nc2ccnn2C(C)C)cc1. The van der Waals surface area contributed by atoms with Gasteiger partial charge in [0.15, 0.2) is 0 Å². The fourth-order valence-corrected chi connectivity index (χ4v) is 1.97. The Kier molecular flexibility index (Phi) is 4.59. The maximum atomic E-state index is 12.0. The molecule has 0 aliphatic heterocycles. The molecule has 2 rings (SSSR count). The number of carbonyl (C=O) groups is 1. The lowest BCUT2D eigenvalue weighted by molar-refractivity contribution is 0.262. The third-order valence-electron chi connectivity index (χ3n) is 3.10. The molecule has 1 atom stereocenters. The van der Waals surface area contributed by atoms with E-state index < -0.39 is 0 Å². The summed E-state index contributed by atoms with van der Waals surface area (Å²) in [6, 6.07) is 9.09. The molecule has 2 aromatic rings. The van der Waals surface area contributed by atoms with Crippen molar-refractivity contribution in [2.45, 2.75) is 32.9 Å². The molecule has 1 aromatic carbocycles. The molecule has 1 unspecified atom stereocenters. The van der Waals surface area contributed by atoms with Gasteiger partial charge in [-0.05, 0) is 38.5 Å². The van der Waals surface area contributed by atoms with E-state index in [4.69, 9.17) is 5.73 Å². The van der Waals surface area contributed by atoms with Gasteiger partial charge in [-0.3, -0.25) is 5.32 Å². The Bertz CT molecular complexity index is 601. The molecular formula is C15H21N5O. The van der Waals surface area contributed by atoms with E-state index in [2.05, 4.69) is 15.7 Å². The van der Waals surface area contributed by atoms with Crippen LogP contribution in [0.15, 0.2) is 36.5 Å². The molecule has 1 aromatic heterocycles. The summed E-state index contributed by atoms with van der Waals surface area (Å²) in [7, 11) is 0. The number of nitrogens with zero attached hydrogens (tertiary/aromatic N) is 2. The van der Waals surface area contributed by atoms with Crippen molar-refractivity contribution in [3.05, 3.63) is 42.1 Å². The highest BCUT2D eigenvalue weighted by molar-refractivity contribution is 5.99. The minimum atomic E-state index is -0.300. The van der Waals surface area contributed by atoms with Gasteiger partial charge in [0.25, 0.3) is 0 Å². The summed E-state index contributed by atoms with van der Waals surface area (Å²) in [5, 5.41) is 9.73. The van der Waals surface area contributed by atoms with Gasteiger partial charge in [-0.15, -0.1) is 0 Å². The number of benzene rings is 1. The topological polar surface area (TPSA) is 85.0 Å². The smallest absolute Gasteiger partial charge is 0.324 e. The van der Waals surface area contributed by atoms with Crippen LogP contribution in [0.2, 0.25) is 0 Å². The molecule has 112 valence electrons. The van der Waals surface area contributed by atoms with E-state index in [-0.39, 0.29) is 18.1 Å². The van der Waals surface area contributed by atoms with E-state index in [0.29, 0.717) is 11.5 Å². The lowest BCUT2D eigenvalue weighted by Crippen LogP contribution is -2.22. The van der Waals surface area contributed by atoms with Crippen LogP contribution in [0.3, 0.4) is 0 Å². The van der Waals surface area contributed by atoms with E-state index in [0.717, 1.165) is 5.56 Å². The highest BCUT2D eigenvalue weighted by Gasteiger charge is 2.09. The Morgan fingerprint density at radius 1 is 1.14 bits per heavy atom. The van der Waals surface area contributed by atoms with Crippen molar-refractivity contribution in [1.82, 2.24) is 9.78 Å². The number of anilines is 2. The molecule has 1 heterocycles. The van der Waals surface area contributed by atoms with Crippen molar-refractivity contribution in [3.8, 4) is 0 Å². The molecule has 0 aliphatic carbocycles. The standard InChI is InChI=1S/C15H21N5O/c1-10(2)20-14(8-9-17-20)19-15(21)18-13-6-4-12(5-7-13)11(3)16/h4-11H,16H2,1-3H3,(H2,18,19,21). The summed E-state index contributed by atoms with van der Waals surface area (Å²) in [5.41, 5.74) is 7.53. The number of nitrogens with two attached hydrogens (primary N) is 1. The first kappa shape index (κ1) is 15.1. The van der Waals surface area contributed by atoms with E-state index in [9.17, 15) is 4.79 Å². The Hall–Kier alpha value is -2.34. The second-order valence-corrected chi connectivity index (χ2v) is 5.24. The fourth-order valence-electron chi connectivity index (χ4n) is 1.97. The molecule has 0 saturated heterocycles. The third kappa shape index (κ3) is 3.82. The molecule has 2 amide bonds. The molecule has 0 fully saturated rings. The molecule has 0 spiro atoms. The quantitative estimate of drug-likeness (QED) is 0.807. The molecule has 6 nitrogen and oxygen atoms in total. The van der Waals surface area contributed by atoms with E-state index in [1.807, 2.05) is 45.0 Å². The summed E-state index contributed by atoms with van der Waals surface area (Å²) >= 11 is 0. The van der Waals surface area contributed by atoms with E-state index >= 15 is 0 Å². The Morgan fingerprint density at radius 2 is 1.81 bits per heavy atom. The second kappa shape index (κ2) is 6.41. The van der Waals surface area contributed by atoms with Gasteiger partial charge in [-0.1, -0.05) is 12.1 Å². The van der Waals surface area contributed by atoms with E-state index in [1.165, 1.54) is 0 Å². The summed E-state index contributed by atoms with van der Waals surface area (Å²) in [5.74, 6) is 0.662. The first-order valence-electron chi connectivity index (χ1n) is 6.94. The van der Waals surface area contributed by atoms with Crippen molar-refractivity contribution in [3.63, 3.8) is 0 Å². The molecule has 0 radical (unpaired) electrons. The van der Waals surface area contributed by atoms with Crippen LogP contribution in [0.1, 0.15) is 38.4 Å². The zero-order valence-electron chi connectivity index (χ0n) is 12.5. The van der Waals surface area contributed by atoms with Gasteiger partial charge in [-0.25, -0.2) is 9.48 Å². The van der Waals surface area contributed by atoms with Crippen LogP contribution >= 0.6 is 0 Å². The molecule has 0 aliphatic rings. The van der Waals surface area contributed by atoms with Gasteiger partial charge >= 0.3 is 6.03 Å². The largest absolute Gasteiger partial charge is 0.324 e. The number of aromatic nitrogens is 2. The maximum Gasteiger partial charge on any atom is 0.324 e. The van der Waals surface area contributed by atoms with Gasteiger partial charge in [0.2, 0.25) is 0 Å². The van der Waals surface area contributed by atoms with Crippen LogP contribution in [0.4, 0.5) is 16.3 Å². The van der Waals surface area contributed by atoms with Crippen LogP contribution in [0.5, 0.6) is 0 Å².